The number of allylic oxidation sites excluding steroid dienone is 2. The lowest BCUT2D eigenvalue weighted by atomic mass is 10.1. The van der Waals surface area contributed by atoms with Crippen LogP contribution in [0.15, 0.2) is 24.2 Å². The summed E-state index contributed by atoms with van der Waals surface area (Å²) in [7, 11) is 0. The minimum absolute atomic E-state index is 0.145. The molecule has 14 heavy (non-hydrogen) atoms. The van der Waals surface area contributed by atoms with Crippen LogP contribution in [0.4, 0.5) is 0 Å². The maximum absolute atomic E-state index is 5.67. The first-order chi connectivity index (χ1) is 6.88. The van der Waals surface area contributed by atoms with E-state index in [0.717, 1.165) is 38.0 Å². The van der Waals surface area contributed by atoms with Crippen molar-refractivity contribution in [3.63, 3.8) is 0 Å². The predicted molar refractivity (Wildman–Crippen MR) is 57.9 cm³/mol. The van der Waals surface area contributed by atoms with E-state index in [-0.39, 0.29) is 6.10 Å². The van der Waals surface area contributed by atoms with Crippen LogP contribution in [0.5, 0.6) is 0 Å². The van der Waals surface area contributed by atoms with Gasteiger partial charge in [-0.25, -0.2) is 0 Å². The Morgan fingerprint density at radius 1 is 1.57 bits per heavy atom. The lowest BCUT2D eigenvalue weighted by molar-refractivity contribution is 0.0749. The zero-order chi connectivity index (χ0) is 10.2. The van der Waals surface area contributed by atoms with E-state index in [1.54, 1.807) is 6.26 Å². The zero-order valence-electron chi connectivity index (χ0n) is 9.16. The summed E-state index contributed by atoms with van der Waals surface area (Å²) in [5, 5.41) is 0. The molecular weight excluding hydrogens is 176 g/mol. The lowest BCUT2D eigenvalue weighted by Gasteiger charge is -2.22. The van der Waals surface area contributed by atoms with Crippen LogP contribution in [-0.4, -0.2) is 12.7 Å². The first kappa shape index (κ1) is 11.2. The molecule has 1 aliphatic heterocycles. The third kappa shape index (κ3) is 3.44. The molecule has 2 nitrogen and oxygen atoms in total. The van der Waals surface area contributed by atoms with Gasteiger partial charge in [0, 0.05) is 0 Å². The smallest absolute Gasteiger partial charge is 0.154 e. The van der Waals surface area contributed by atoms with Gasteiger partial charge < -0.3 is 9.47 Å². The summed E-state index contributed by atoms with van der Waals surface area (Å²) >= 11 is 0. The van der Waals surface area contributed by atoms with Crippen molar-refractivity contribution >= 4 is 0 Å². The molecule has 0 saturated heterocycles. The van der Waals surface area contributed by atoms with Crippen LogP contribution in [0.25, 0.3) is 0 Å². The molecule has 0 aromatic carbocycles. The Morgan fingerprint density at radius 3 is 3.00 bits per heavy atom. The highest BCUT2D eigenvalue weighted by Gasteiger charge is 2.17. The second kappa shape index (κ2) is 6.52. The van der Waals surface area contributed by atoms with Gasteiger partial charge in [-0.05, 0) is 37.8 Å². The van der Waals surface area contributed by atoms with Gasteiger partial charge in [-0.1, -0.05) is 13.8 Å². The Kier molecular flexibility index (Phi) is 5.20. The number of ether oxygens (including phenoxy) is 2. The van der Waals surface area contributed by atoms with Gasteiger partial charge in [-0.15, -0.1) is 0 Å². The topological polar surface area (TPSA) is 18.5 Å². The van der Waals surface area contributed by atoms with Crippen molar-refractivity contribution in [1.29, 1.82) is 0 Å². The fourth-order valence-electron chi connectivity index (χ4n) is 1.45. The normalized spacial score (nSPS) is 21.9. The molecule has 0 aliphatic carbocycles. The van der Waals surface area contributed by atoms with Gasteiger partial charge in [0.1, 0.15) is 5.76 Å². The Hall–Kier alpha value is -0.920. The molecule has 0 amide bonds. The van der Waals surface area contributed by atoms with Crippen LogP contribution in [0, 0.1) is 0 Å². The molecule has 0 aromatic rings. The van der Waals surface area contributed by atoms with Gasteiger partial charge in [-0.2, -0.15) is 0 Å². The van der Waals surface area contributed by atoms with Crippen LogP contribution in [0.1, 0.15) is 39.5 Å². The average Bonchev–Trinajstić information content (AvgIpc) is 2.25. The molecule has 0 radical (unpaired) electrons. The molecule has 0 N–H and O–H groups in total. The van der Waals surface area contributed by atoms with Crippen LogP contribution in [0.3, 0.4) is 0 Å². The first-order valence-corrected chi connectivity index (χ1v) is 5.51. The van der Waals surface area contributed by atoms with Crippen molar-refractivity contribution in [3.05, 3.63) is 24.2 Å². The quantitative estimate of drug-likeness (QED) is 0.627. The van der Waals surface area contributed by atoms with Crippen molar-refractivity contribution in [2.75, 3.05) is 6.61 Å². The molecule has 1 aliphatic rings. The van der Waals surface area contributed by atoms with E-state index in [1.807, 2.05) is 0 Å². The average molecular weight is 196 g/mol. The molecule has 80 valence electrons. The molecule has 0 saturated carbocycles. The molecule has 1 unspecified atom stereocenters. The Balaban J connectivity index is 2.48. The van der Waals surface area contributed by atoms with Gasteiger partial charge >= 0.3 is 0 Å². The summed E-state index contributed by atoms with van der Waals surface area (Å²) in [5.74, 6) is 1.01. The molecule has 1 atom stereocenters. The van der Waals surface area contributed by atoms with Crippen molar-refractivity contribution in [3.8, 4) is 0 Å². The SMILES string of the molecule is CC/C=C(\OCCC)C1CCC=CO1. The van der Waals surface area contributed by atoms with E-state index in [2.05, 4.69) is 26.0 Å². The molecule has 1 rings (SSSR count). The molecular formula is C12H20O2. The largest absolute Gasteiger partial charge is 0.494 e. The molecule has 0 bridgehead atoms. The summed E-state index contributed by atoms with van der Waals surface area (Å²) in [5.41, 5.74) is 0. The monoisotopic (exact) mass is 196 g/mol. The minimum atomic E-state index is 0.145. The number of rotatable bonds is 5. The van der Waals surface area contributed by atoms with Gasteiger partial charge in [-0.3, -0.25) is 0 Å². The van der Waals surface area contributed by atoms with E-state index in [0.29, 0.717) is 0 Å². The number of hydrogen-bond acceptors (Lipinski definition) is 2. The van der Waals surface area contributed by atoms with Crippen LogP contribution >= 0.6 is 0 Å². The molecule has 2 heteroatoms. The van der Waals surface area contributed by atoms with Crippen molar-refractivity contribution in [2.45, 2.75) is 45.6 Å². The summed E-state index contributed by atoms with van der Waals surface area (Å²) in [4.78, 5) is 0. The second-order valence-electron chi connectivity index (χ2n) is 3.44. The molecule has 0 spiro atoms. The predicted octanol–water partition coefficient (Wildman–Crippen LogP) is 3.40. The summed E-state index contributed by atoms with van der Waals surface area (Å²) in [6.07, 6.45) is 10.3. The summed E-state index contributed by atoms with van der Waals surface area (Å²) in [6.45, 7) is 5.02. The fraction of sp³-hybridized carbons (Fsp3) is 0.667. The highest BCUT2D eigenvalue weighted by molar-refractivity contribution is 5.03. The van der Waals surface area contributed by atoms with E-state index in [1.165, 1.54) is 0 Å². The third-order valence-electron chi connectivity index (χ3n) is 2.13. The molecule has 0 aromatic heterocycles. The van der Waals surface area contributed by atoms with E-state index >= 15 is 0 Å². The third-order valence-corrected chi connectivity index (χ3v) is 2.13. The van der Waals surface area contributed by atoms with Crippen molar-refractivity contribution < 1.29 is 9.47 Å². The summed E-state index contributed by atoms with van der Waals surface area (Å²) < 4.78 is 11.2. The van der Waals surface area contributed by atoms with Gasteiger partial charge in [0.25, 0.3) is 0 Å². The highest BCUT2D eigenvalue weighted by atomic mass is 16.5. The van der Waals surface area contributed by atoms with Crippen LogP contribution in [0.2, 0.25) is 0 Å². The summed E-state index contributed by atoms with van der Waals surface area (Å²) in [6, 6.07) is 0. The van der Waals surface area contributed by atoms with E-state index in [9.17, 15) is 0 Å². The Bertz CT molecular complexity index is 206. The zero-order valence-corrected chi connectivity index (χ0v) is 9.16. The number of hydrogen-bond donors (Lipinski definition) is 0. The van der Waals surface area contributed by atoms with Crippen molar-refractivity contribution in [1.82, 2.24) is 0 Å². The van der Waals surface area contributed by atoms with Gasteiger partial charge in [0.2, 0.25) is 0 Å². The van der Waals surface area contributed by atoms with E-state index < -0.39 is 0 Å². The van der Waals surface area contributed by atoms with Crippen LogP contribution < -0.4 is 0 Å². The Labute approximate surface area is 86.6 Å². The lowest BCUT2D eigenvalue weighted by Crippen LogP contribution is -2.18. The van der Waals surface area contributed by atoms with Gasteiger partial charge in [0.15, 0.2) is 6.10 Å². The maximum Gasteiger partial charge on any atom is 0.154 e. The second-order valence-corrected chi connectivity index (χ2v) is 3.44. The van der Waals surface area contributed by atoms with E-state index in [4.69, 9.17) is 9.47 Å². The molecule has 0 fully saturated rings. The molecule has 1 heterocycles. The standard InChI is InChI=1S/C12H20O2/c1-3-7-11(13-9-4-2)12-8-5-6-10-14-12/h6-7,10,12H,3-5,8-9H2,1-2H3/b11-7-. The van der Waals surface area contributed by atoms with Crippen LogP contribution in [-0.2, 0) is 9.47 Å². The van der Waals surface area contributed by atoms with Crippen molar-refractivity contribution in [2.24, 2.45) is 0 Å². The van der Waals surface area contributed by atoms with Gasteiger partial charge in [0.05, 0.1) is 12.9 Å². The first-order valence-electron chi connectivity index (χ1n) is 5.51. The Morgan fingerprint density at radius 2 is 2.43 bits per heavy atom. The minimum Gasteiger partial charge on any atom is -0.494 e. The fourth-order valence-corrected chi connectivity index (χ4v) is 1.45. The highest BCUT2D eigenvalue weighted by Crippen LogP contribution is 2.19. The maximum atomic E-state index is 5.67.